The Bertz CT molecular complexity index is 923. The molecule has 1 aromatic carbocycles. The first-order valence-electron chi connectivity index (χ1n) is 7.07. The number of rotatable bonds is 3. The number of hydrogen-bond donors (Lipinski definition) is 1. The Balaban J connectivity index is 2.33. The van der Waals surface area contributed by atoms with Crippen LogP contribution >= 0.6 is 11.6 Å². The van der Waals surface area contributed by atoms with Gasteiger partial charge in [0.1, 0.15) is 5.52 Å². The van der Waals surface area contributed by atoms with Crippen LogP contribution in [0.15, 0.2) is 18.3 Å². The number of halogens is 4. The first-order valence-corrected chi connectivity index (χ1v) is 7.45. The fourth-order valence-electron chi connectivity index (χ4n) is 2.59. The lowest BCUT2D eigenvalue weighted by atomic mass is 10.1. The zero-order valence-electron chi connectivity index (χ0n) is 12.8. The second kappa shape index (κ2) is 5.94. The molecule has 0 atom stereocenters. The van der Waals surface area contributed by atoms with Gasteiger partial charge in [-0.2, -0.15) is 0 Å². The van der Waals surface area contributed by atoms with E-state index in [2.05, 4.69) is 15.0 Å². The number of imidazole rings is 1. The minimum Gasteiger partial charge on any atom is -0.368 e. The third-order valence-electron chi connectivity index (χ3n) is 3.52. The maximum absolute atomic E-state index is 14.4. The Labute approximate surface area is 140 Å². The molecular formula is C15H13ClF3N5. The van der Waals surface area contributed by atoms with Gasteiger partial charge in [0.05, 0.1) is 22.4 Å². The second-order valence-corrected chi connectivity index (χ2v) is 5.89. The molecular weight excluding hydrogens is 343 g/mol. The summed E-state index contributed by atoms with van der Waals surface area (Å²) in [5, 5.41) is 0.174. The molecule has 0 unspecified atom stereocenters. The number of benzene rings is 1. The summed E-state index contributed by atoms with van der Waals surface area (Å²) in [7, 11) is 0. The molecule has 0 radical (unpaired) electrons. The van der Waals surface area contributed by atoms with Gasteiger partial charge in [-0.15, -0.1) is 0 Å². The number of nitrogen functional groups attached to an aromatic ring is 1. The average molecular weight is 356 g/mol. The van der Waals surface area contributed by atoms with E-state index in [1.54, 1.807) is 13.8 Å². The highest BCUT2D eigenvalue weighted by atomic mass is 35.5. The molecule has 126 valence electrons. The summed E-state index contributed by atoms with van der Waals surface area (Å²) in [6, 6.07) is 2.33. The zero-order valence-corrected chi connectivity index (χ0v) is 13.5. The van der Waals surface area contributed by atoms with Gasteiger partial charge in [0.15, 0.2) is 11.6 Å². The number of anilines is 1. The van der Waals surface area contributed by atoms with Gasteiger partial charge in [0.25, 0.3) is 6.43 Å². The molecule has 5 nitrogen and oxygen atoms in total. The standard InChI is InChI=1S/C15H13ClF3N5/c1-6(2)24-10-4-7(11-8(16)5-21-15(20)23-11)3-9(17)12(10)22-14(24)13(18)19/h3-6,13H,1-2H3,(H2,20,21,23). The monoisotopic (exact) mass is 355 g/mol. The van der Waals surface area contributed by atoms with E-state index in [1.165, 1.54) is 16.8 Å². The quantitative estimate of drug-likeness (QED) is 0.756. The van der Waals surface area contributed by atoms with Crippen molar-refractivity contribution < 1.29 is 13.2 Å². The number of alkyl halides is 2. The fraction of sp³-hybridized carbons (Fsp3) is 0.267. The number of nitrogens with zero attached hydrogens (tertiary/aromatic N) is 4. The molecule has 2 heterocycles. The van der Waals surface area contributed by atoms with E-state index in [-0.39, 0.29) is 33.7 Å². The highest BCUT2D eigenvalue weighted by Crippen LogP contribution is 2.34. The fourth-order valence-corrected chi connectivity index (χ4v) is 2.79. The van der Waals surface area contributed by atoms with Gasteiger partial charge in [-0.1, -0.05) is 11.6 Å². The molecule has 3 aromatic rings. The average Bonchev–Trinajstić information content (AvgIpc) is 2.90. The highest BCUT2D eigenvalue weighted by Gasteiger charge is 2.23. The van der Waals surface area contributed by atoms with Crippen LogP contribution in [0.4, 0.5) is 19.1 Å². The van der Waals surface area contributed by atoms with Crippen molar-refractivity contribution in [1.29, 1.82) is 0 Å². The summed E-state index contributed by atoms with van der Waals surface area (Å²) in [6.45, 7) is 3.43. The van der Waals surface area contributed by atoms with E-state index in [9.17, 15) is 13.2 Å². The van der Waals surface area contributed by atoms with Crippen LogP contribution in [0.1, 0.15) is 32.1 Å². The predicted octanol–water partition coefficient (Wildman–Crippen LogP) is 4.39. The van der Waals surface area contributed by atoms with Crippen molar-refractivity contribution in [3.63, 3.8) is 0 Å². The van der Waals surface area contributed by atoms with Crippen molar-refractivity contribution in [2.45, 2.75) is 26.3 Å². The topological polar surface area (TPSA) is 69.6 Å². The number of hydrogen-bond acceptors (Lipinski definition) is 4. The molecule has 0 aliphatic rings. The molecule has 0 aliphatic heterocycles. The lowest BCUT2D eigenvalue weighted by Crippen LogP contribution is -2.06. The molecule has 9 heteroatoms. The Morgan fingerprint density at radius 2 is 1.92 bits per heavy atom. The Hall–Kier alpha value is -2.35. The number of fused-ring (bicyclic) bond motifs is 1. The van der Waals surface area contributed by atoms with E-state index in [1.807, 2.05) is 0 Å². The van der Waals surface area contributed by atoms with Crippen molar-refractivity contribution in [2.75, 3.05) is 5.73 Å². The van der Waals surface area contributed by atoms with Crippen molar-refractivity contribution in [2.24, 2.45) is 0 Å². The molecule has 3 rings (SSSR count). The minimum atomic E-state index is -2.82. The lowest BCUT2D eigenvalue weighted by Gasteiger charge is -2.13. The number of nitrogens with two attached hydrogens (primary N) is 1. The lowest BCUT2D eigenvalue weighted by molar-refractivity contribution is 0.134. The van der Waals surface area contributed by atoms with Crippen LogP contribution in [0.5, 0.6) is 0 Å². The van der Waals surface area contributed by atoms with Crippen LogP contribution in [0.3, 0.4) is 0 Å². The molecule has 0 saturated heterocycles. The van der Waals surface area contributed by atoms with Gasteiger partial charge >= 0.3 is 0 Å². The van der Waals surface area contributed by atoms with E-state index < -0.39 is 18.1 Å². The first kappa shape index (κ1) is 16.5. The van der Waals surface area contributed by atoms with Gasteiger partial charge in [0.2, 0.25) is 5.95 Å². The SMILES string of the molecule is CC(C)n1c(C(F)F)nc2c(F)cc(-c3nc(N)ncc3Cl)cc21. The summed E-state index contributed by atoms with van der Waals surface area (Å²) in [5.41, 5.74) is 6.19. The van der Waals surface area contributed by atoms with Crippen LogP contribution in [-0.2, 0) is 0 Å². The Morgan fingerprint density at radius 3 is 2.54 bits per heavy atom. The Kier molecular flexibility index (Phi) is 4.08. The largest absolute Gasteiger partial charge is 0.368 e. The summed E-state index contributed by atoms with van der Waals surface area (Å²) >= 11 is 6.05. The van der Waals surface area contributed by atoms with Crippen LogP contribution in [0.25, 0.3) is 22.3 Å². The van der Waals surface area contributed by atoms with Crippen molar-refractivity contribution >= 4 is 28.6 Å². The maximum atomic E-state index is 14.4. The molecule has 2 aromatic heterocycles. The highest BCUT2D eigenvalue weighted by molar-refractivity contribution is 6.33. The molecule has 0 aliphatic carbocycles. The van der Waals surface area contributed by atoms with Crippen molar-refractivity contribution in [3.05, 3.63) is 35.0 Å². The maximum Gasteiger partial charge on any atom is 0.295 e. The Morgan fingerprint density at radius 1 is 1.21 bits per heavy atom. The third-order valence-corrected chi connectivity index (χ3v) is 3.80. The van der Waals surface area contributed by atoms with E-state index in [4.69, 9.17) is 17.3 Å². The van der Waals surface area contributed by atoms with Gasteiger partial charge < -0.3 is 10.3 Å². The van der Waals surface area contributed by atoms with Crippen LogP contribution in [0, 0.1) is 5.82 Å². The molecule has 0 spiro atoms. The minimum absolute atomic E-state index is 0.0273. The second-order valence-electron chi connectivity index (χ2n) is 5.48. The van der Waals surface area contributed by atoms with Gasteiger partial charge in [-0.3, -0.25) is 0 Å². The summed E-state index contributed by atoms with van der Waals surface area (Å²) < 4.78 is 42.2. The molecule has 24 heavy (non-hydrogen) atoms. The van der Waals surface area contributed by atoms with Gasteiger partial charge in [-0.05, 0) is 26.0 Å². The van der Waals surface area contributed by atoms with E-state index in [0.29, 0.717) is 5.56 Å². The molecule has 0 amide bonds. The van der Waals surface area contributed by atoms with E-state index >= 15 is 0 Å². The number of aromatic nitrogens is 4. The summed E-state index contributed by atoms with van der Waals surface area (Å²) in [6.07, 6.45) is -1.52. The summed E-state index contributed by atoms with van der Waals surface area (Å²) in [4.78, 5) is 11.5. The van der Waals surface area contributed by atoms with Crippen LogP contribution < -0.4 is 5.73 Å². The summed E-state index contributed by atoms with van der Waals surface area (Å²) in [5.74, 6) is -1.25. The molecule has 0 saturated carbocycles. The molecule has 2 N–H and O–H groups in total. The van der Waals surface area contributed by atoms with Crippen molar-refractivity contribution in [3.8, 4) is 11.3 Å². The third kappa shape index (κ3) is 2.66. The normalized spacial score (nSPS) is 11.8. The molecule has 0 fully saturated rings. The smallest absolute Gasteiger partial charge is 0.295 e. The van der Waals surface area contributed by atoms with E-state index in [0.717, 1.165) is 6.07 Å². The first-order chi connectivity index (χ1) is 11.3. The predicted molar refractivity (Wildman–Crippen MR) is 85.5 cm³/mol. The van der Waals surface area contributed by atoms with Crippen LogP contribution in [0.2, 0.25) is 5.02 Å². The molecule has 0 bridgehead atoms. The van der Waals surface area contributed by atoms with Gasteiger partial charge in [0, 0.05) is 11.6 Å². The van der Waals surface area contributed by atoms with Crippen molar-refractivity contribution in [1.82, 2.24) is 19.5 Å². The zero-order chi connectivity index (χ0) is 17.6. The van der Waals surface area contributed by atoms with Crippen LogP contribution in [-0.4, -0.2) is 19.5 Å². The van der Waals surface area contributed by atoms with Gasteiger partial charge in [-0.25, -0.2) is 28.1 Å².